The monoisotopic (exact) mass is 402 g/mol. The van der Waals surface area contributed by atoms with Crippen LogP contribution in [0.1, 0.15) is 11.1 Å². The molecule has 144 valence electrons. The highest BCUT2D eigenvalue weighted by Crippen LogP contribution is 2.19. The second kappa shape index (κ2) is 8.76. The molecule has 4 aromatic rings. The summed E-state index contributed by atoms with van der Waals surface area (Å²) in [6.45, 7) is 0.906. The van der Waals surface area contributed by atoms with E-state index >= 15 is 0 Å². The fourth-order valence-electron chi connectivity index (χ4n) is 2.94. The minimum absolute atomic E-state index is 0.146. The van der Waals surface area contributed by atoms with Crippen LogP contribution in [0.3, 0.4) is 0 Å². The zero-order chi connectivity index (χ0) is 20.1. The molecule has 0 unspecified atom stereocenters. The van der Waals surface area contributed by atoms with Gasteiger partial charge < -0.3 is 4.74 Å². The van der Waals surface area contributed by atoms with E-state index in [0.29, 0.717) is 18.2 Å². The predicted octanol–water partition coefficient (Wildman–Crippen LogP) is 5.19. The van der Waals surface area contributed by atoms with Crippen molar-refractivity contribution in [3.8, 4) is 17.0 Å². The summed E-state index contributed by atoms with van der Waals surface area (Å²) in [5, 5.41) is 5.16. The van der Waals surface area contributed by atoms with Crippen molar-refractivity contribution in [1.29, 1.82) is 0 Å². The number of hydrogen-bond donors (Lipinski definition) is 0. The summed E-state index contributed by atoms with van der Waals surface area (Å²) >= 11 is 5.95. The van der Waals surface area contributed by atoms with E-state index in [2.05, 4.69) is 5.10 Å². The highest BCUT2D eigenvalue weighted by molar-refractivity contribution is 6.30. The molecule has 1 heterocycles. The summed E-state index contributed by atoms with van der Waals surface area (Å²) in [5.74, 6) is 0.785. The third-order valence-corrected chi connectivity index (χ3v) is 4.76. The molecule has 0 aliphatic carbocycles. The van der Waals surface area contributed by atoms with Crippen LogP contribution in [0.4, 0.5) is 0 Å². The van der Waals surface area contributed by atoms with Gasteiger partial charge >= 0.3 is 0 Å². The molecule has 0 saturated heterocycles. The largest absolute Gasteiger partial charge is 0.489 e. The molecule has 5 heteroatoms. The lowest BCUT2D eigenvalue weighted by Crippen LogP contribution is -2.22. The Balaban J connectivity index is 1.46. The minimum atomic E-state index is -0.146. The number of hydrogen-bond acceptors (Lipinski definition) is 3. The van der Waals surface area contributed by atoms with Crippen molar-refractivity contribution in [2.24, 2.45) is 0 Å². The van der Waals surface area contributed by atoms with Gasteiger partial charge in [0.2, 0.25) is 0 Å². The van der Waals surface area contributed by atoms with Crippen molar-refractivity contribution in [1.82, 2.24) is 9.78 Å². The molecule has 0 amide bonds. The zero-order valence-corrected chi connectivity index (χ0v) is 16.4. The third kappa shape index (κ3) is 4.92. The van der Waals surface area contributed by atoms with Crippen LogP contribution in [0.2, 0.25) is 5.02 Å². The van der Waals surface area contributed by atoms with Gasteiger partial charge in [0, 0.05) is 16.7 Å². The van der Waals surface area contributed by atoms with Crippen molar-refractivity contribution in [2.75, 3.05) is 0 Å². The molecule has 0 saturated carbocycles. The van der Waals surface area contributed by atoms with Gasteiger partial charge in [0.15, 0.2) is 0 Å². The second-order valence-electron chi connectivity index (χ2n) is 6.64. The average Bonchev–Trinajstić information content (AvgIpc) is 2.76. The van der Waals surface area contributed by atoms with Crippen LogP contribution in [-0.2, 0) is 13.2 Å². The van der Waals surface area contributed by atoms with E-state index in [1.54, 1.807) is 6.07 Å². The van der Waals surface area contributed by atoms with E-state index in [-0.39, 0.29) is 5.56 Å². The Bertz CT molecular complexity index is 1140. The zero-order valence-electron chi connectivity index (χ0n) is 15.7. The van der Waals surface area contributed by atoms with Crippen LogP contribution in [0, 0.1) is 0 Å². The number of aromatic nitrogens is 2. The van der Waals surface area contributed by atoms with Gasteiger partial charge in [0.1, 0.15) is 12.4 Å². The summed E-state index contributed by atoms with van der Waals surface area (Å²) < 4.78 is 7.27. The smallest absolute Gasteiger partial charge is 0.267 e. The Kier molecular flexibility index (Phi) is 5.73. The molecule has 4 nitrogen and oxygen atoms in total. The third-order valence-electron chi connectivity index (χ3n) is 4.51. The van der Waals surface area contributed by atoms with Gasteiger partial charge in [-0.1, -0.05) is 66.2 Å². The van der Waals surface area contributed by atoms with Crippen molar-refractivity contribution in [3.63, 3.8) is 0 Å². The fraction of sp³-hybridized carbons (Fsp3) is 0.0833. The van der Waals surface area contributed by atoms with Crippen molar-refractivity contribution >= 4 is 11.6 Å². The first kappa shape index (κ1) is 19.0. The molecule has 29 heavy (non-hydrogen) atoms. The van der Waals surface area contributed by atoms with E-state index in [1.807, 2.05) is 78.9 Å². The Labute approximate surface area is 174 Å². The number of rotatable bonds is 6. The van der Waals surface area contributed by atoms with Gasteiger partial charge in [-0.05, 0) is 41.5 Å². The molecule has 0 aliphatic rings. The molecule has 0 aliphatic heterocycles. The van der Waals surface area contributed by atoms with Gasteiger partial charge in [0.25, 0.3) is 5.56 Å². The Hall–Kier alpha value is -3.37. The lowest BCUT2D eigenvalue weighted by atomic mass is 10.1. The SMILES string of the molecule is O=c1ccc(-c2ccc(Cl)cc2)nn1Cc1ccc(OCc2ccccc2)cc1. The van der Waals surface area contributed by atoms with Crippen LogP contribution >= 0.6 is 11.6 Å². The normalized spacial score (nSPS) is 10.7. The van der Waals surface area contributed by atoms with Gasteiger partial charge in [0.05, 0.1) is 12.2 Å². The molecule has 3 aromatic carbocycles. The van der Waals surface area contributed by atoms with E-state index in [0.717, 1.165) is 28.1 Å². The molecule has 0 atom stereocenters. The molecule has 4 rings (SSSR count). The van der Waals surface area contributed by atoms with Gasteiger partial charge in [-0.15, -0.1) is 0 Å². The van der Waals surface area contributed by atoms with Crippen molar-refractivity contribution in [3.05, 3.63) is 117 Å². The molecular weight excluding hydrogens is 384 g/mol. The van der Waals surface area contributed by atoms with Crippen molar-refractivity contribution < 1.29 is 4.74 Å². The van der Waals surface area contributed by atoms with E-state index in [1.165, 1.54) is 10.7 Å². The van der Waals surface area contributed by atoms with Crippen LogP contribution < -0.4 is 10.3 Å². The fourth-order valence-corrected chi connectivity index (χ4v) is 3.07. The van der Waals surface area contributed by atoms with Crippen LogP contribution in [-0.4, -0.2) is 9.78 Å². The maximum Gasteiger partial charge on any atom is 0.267 e. The Morgan fingerprint density at radius 3 is 2.24 bits per heavy atom. The highest BCUT2D eigenvalue weighted by atomic mass is 35.5. The maximum atomic E-state index is 12.2. The van der Waals surface area contributed by atoms with Gasteiger partial charge in [-0.2, -0.15) is 5.10 Å². The Morgan fingerprint density at radius 2 is 1.52 bits per heavy atom. The summed E-state index contributed by atoms with van der Waals surface area (Å²) in [5.41, 5.74) is 3.58. The molecule has 0 radical (unpaired) electrons. The quantitative estimate of drug-likeness (QED) is 0.445. The molecule has 0 spiro atoms. The van der Waals surface area contributed by atoms with Crippen LogP contribution in [0.25, 0.3) is 11.3 Å². The first-order valence-corrected chi connectivity index (χ1v) is 9.65. The lowest BCUT2D eigenvalue weighted by molar-refractivity contribution is 0.306. The number of ether oxygens (including phenoxy) is 1. The highest BCUT2D eigenvalue weighted by Gasteiger charge is 2.05. The topological polar surface area (TPSA) is 44.1 Å². The van der Waals surface area contributed by atoms with E-state index in [4.69, 9.17) is 16.3 Å². The lowest BCUT2D eigenvalue weighted by Gasteiger charge is -2.09. The van der Waals surface area contributed by atoms with E-state index < -0.39 is 0 Å². The summed E-state index contributed by atoms with van der Waals surface area (Å²) in [7, 11) is 0. The summed E-state index contributed by atoms with van der Waals surface area (Å²) in [6, 6.07) is 28.4. The van der Waals surface area contributed by atoms with Gasteiger partial charge in [-0.3, -0.25) is 4.79 Å². The van der Waals surface area contributed by atoms with Crippen LogP contribution in [0.5, 0.6) is 5.75 Å². The molecule has 0 N–H and O–H groups in total. The number of nitrogens with zero attached hydrogens (tertiary/aromatic N) is 2. The van der Waals surface area contributed by atoms with Crippen molar-refractivity contribution in [2.45, 2.75) is 13.2 Å². The predicted molar refractivity (Wildman–Crippen MR) is 115 cm³/mol. The van der Waals surface area contributed by atoms with E-state index in [9.17, 15) is 4.79 Å². The van der Waals surface area contributed by atoms with Gasteiger partial charge in [-0.25, -0.2) is 4.68 Å². The van der Waals surface area contributed by atoms with Crippen LogP contribution in [0.15, 0.2) is 95.8 Å². The molecule has 1 aromatic heterocycles. The molecule has 0 bridgehead atoms. The minimum Gasteiger partial charge on any atom is -0.489 e. The Morgan fingerprint density at radius 1 is 0.793 bits per heavy atom. The molecule has 0 fully saturated rings. The maximum absolute atomic E-state index is 12.2. The number of benzene rings is 3. The first-order chi connectivity index (χ1) is 14.2. The molecular formula is C24H19ClN2O2. The average molecular weight is 403 g/mol. The standard InChI is InChI=1S/C24H19ClN2O2/c25-21-10-8-20(9-11-21)23-14-15-24(28)27(26-23)16-18-6-12-22(13-7-18)29-17-19-4-2-1-3-5-19/h1-15H,16-17H2. The number of halogens is 1. The second-order valence-corrected chi connectivity index (χ2v) is 7.08. The first-order valence-electron chi connectivity index (χ1n) is 9.27. The summed E-state index contributed by atoms with van der Waals surface area (Å²) in [6.07, 6.45) is 0. The summed E-state index contributed by atoms with van der Waals surface area (Å²) in [4.78, 5) is 12.2.